The smallest absolute Gasteiger partial charge is 0.254 e. The highest BCUT2D eigenvalue weighted by Crippen LogP contribution is 2.22. The number of amides is 2. The van der Waals surface area contributed by atoms with Crippen LogP contribution >= 0.6 is 11.3 Å². The zero-order valence-electron chi connectivity index (χ0n) is 12.9. The van der Waals surface area contributed by atoms with Crippen molar-refractivity contribution in [3.63, 3.8) is 0 Å². The molecule has 0 radical (unpaired) electrons. The molecule has 120 valence electrons. The summed E-state index contributed by atoms with van der Waals surface area (Å²) in [5.41, 5.74) is 3.30. The number of hydrogen-bond donors (Lipinski definition) is 1. The zero-order valence-corrected chi connectivity index (χ0v) is 13.7. The third-order valence-electron chi connectivity index (χ3n) is 4.12. The van der Waals surface area contributed by atoms with Gasteiger partial charge in [0, 0.05) is 24.6 Å². The minimum absolute atomic E-state index is 0.0373. The molecule has 2 amide bonds. The molecule has 0 unspecified atom stereocenters. The van der Waals surface area contributed by atoms with Gasteiger partial charge in [-0.15, -0.1) is 10.2 Å². The van der Waals surface area contributed by atoms with Crippen LogP contribution in [0.4, 0.5) is 5.13 Å². The molecule has 1 fully saturated rings. The molecule has 1 saturated heterocycles. The normalized spacial score (nSPS) is 15.4. The number of anilines is 1. The predicted octanol–water partition coefficient (Wildman–Crippen LogP) is 2.34. The maximum Gasteiger partial charge on any atom is 0.254 e. The largest absolute Gasteiger partial charge is 0.339 e. The van der Waals surface area contributed by atoms with Crippen molar-refractivity contribution in [3.8, 4) is 0 Å². The van der Waals surface area contributed by atoms with Crippen molar-refractivity contribution in [3.05, 3.63) is 40.9 Å². The van der Waals surface area contributed by atoms with Gasteiger partial charge in [-0.3, -0.25) is 9.59 Å². The number of aryl methyl sites for hydroxylation is 1. The maximum absolute atomic E-state index is 12.6. The summed E-state index contributed by atoms with van der Waals surface area (Å²) in [7, 11) is 0. The van der Waals surface area contributed by atoms with Crippen molar-refractivity contribution in [2.24, 2.45) is 5.92 Å². The zero-order chi connectivity index (χ0) is 16.2. The van der Waals surface area contributed by atoms with Gasteiger partial charge in [0.05, 0.1) is 0 Å². The van der Waals surface area contributed by atoms with E-state index in [4.69, 9.17) is 0 Å². The number of nitrogens with zero attached hydrogens (tertiary/aromatic N) is 3. The molecule has 6 nitrogen and oxygen atoms in total. The molecule has 0 saturated carbocycles. The van der Waals surface area contributed by atoms with Crippen LogP contribution in [0.25, 0.3) is 0 Å². The average molecular weight is 330 g/mol. The van der Waals surface area contributed by atoms with E-state index in [9.17, 15) is 9.59 Å². The van der Waals surface area contributed by atoms with Crippen molar-refractivity contribution in [2.45, 2.75) is 19.8 Å². The van der Waals surface area contributed by atoms with Gasteiger partial charge in [0.1, 0.15) is 5.51 Å². The first-order valence-electron chi connectivity index (χ1n) is 7.57. The highest BCUT2D eigenvalue weighted by atomic mass is 32.1. The van der Waals surface area contributed by atoms with E-state index in [0.717, 1.165) is 11.1 Å². The van der Waals surface area contributed by atoms with Crippen LogP contribution in [-0.4, -0.2) is 40.0 Å². The Morgan fingerprint density at radius 1 is 1.26 bits per heavy atom. The Bertz CT molecular complexity index is 694. The summed E-state index contributed by atoms with van der Waals surface area (Å²) in [6.07, 6.45) is 1.34. The van der Waals surface area contributed by atoms with Gasteiger partial charge in [-0.05, 0) is 31.4 Å². The predicted molar refractivity (Wildman–Crippen MR) is 88.3 cm³/mol. The van der Waals surface area contributed by atoms with E-state index in [1.54, 1.807) is 5.51 Å². The summed E-state index contributed by atoms with van der Waals surface area (Å²) < 4.78 is 0. The van der Waals surface area contributed by atoms with Gasteiger partial charge >= 0.3 is 0 Å². The summed E-state index contributed by atoms with van der Waals surface area (Å²) in [6.45, 7) is 3.14. The minimum atomic E-state index is -0.0835. The second-order valence-electron chi connectivity index (χ2n) is 5.61. The lowest BCUT2D eigenvalue weighted by Gasteiger charge is -2.31. The average Bonchev–Trinajstić information content (AvgIpc) is 3.08. The topological polar surface area (TPSA) is 75.2 Å². The molecule has 23 heavy (non-hydrogen) atoms. The standard InChI is InChI=1S/C16H18N4O2S/c1-11-4-2-3-5-13(11)15(22)20-8-6-12(7-9-20)14(21)18-16-19-17-10-23-16/h2-5,10,12H,6-9H2,1H3,(H,18,19,21). The molecule has 7 heteroatoms. The molecule has 1 aromatic heterocycles. The third-order valence-corrected chi connectivity index (χ3v) is 4.73. The number of carbonyl (C=O) groups is 2. The minimum Gasteiger partial charge on any atom is -0.339 e. The second-order valence-corrected chi connectivity index (χ2v) is 6.45. The van der Waals surface area contributed by atoms with E-state index in [2.05, 4.69) is 15.5 Å². The Hall–Kier alpha value is -2.28. The monoisotopic (exact) mass is 330 g/mol. The summed E-state index contributed by atoms with van der Waals surface area (Å²) in [6, 6.07) is 7.60. The molecular formula is C16H18N4O2S. The molecule has 1 aliphatic rings. The van der Waals surface area contributed by atoms with Crippen LogP contribution < -0.4 is 5.32 Å². The van der Waals surface area contributed by atoms with Crippen LogP contribution in [0, 0.1) is 12.8 Å². The highest BCUT2D eigenvalue weighted by molar-refractivity contribution is 7.13. The Balaban J connectivity index is 1.57. The second kappa shape index (κ2) is 6.87. The first-order chi connectivity index (χ1) is 11.1. The molecule has 0 bridgehead atoms. The Morgan fingerprint density at radius 2 is 2.00 bits per heavy atom. The van der Waals surface area contributed by atoms with Crippen LogP contribution in [0.2, 0.25) is 0 Å². The molecule has 3 rings (SSSR count). The van der Waals surface area contributed by atoms with E-state index >= 15 is 0 Å². The quantitative estimate of drug-likeness (QED) is 0.937. The molecule has 0 spiro atoms. The van der Waals surface area contributed by atoms with Gasteiger partial charge in [-0.25, -0.2) is 0 Å². The summed E-state index contributed by atoms with van der Waals surface area (Å²) in [4.78, 5) is 26.6. The van der Waals surface area contributed by atoms with Crippen LogP contribution in [0.5, 0.6) is 0 Å². The number of benzene rings is 1. The lowest BCUT2D eigenvalue weighted by Crippen LogP contribution is -2.41. The molecule has 0 aliphatic carbocycles. The number of rotatable bonds is 3. The summed E-state index contributed by atoms with van der Waals surface area (Å²) >= 11 is 1.30. The number of nitrogens with one attached hydrogen (secondary N) is 1. The van der Waals surface area contributed by atoms with Crippen molar-refractivity contribution >= 4 is 28.3 Å². The highest BCUT2D eigenvalue weighted by Gasteiger charge is 2.28. The molecule has 1 aromatic carbocycles. The molecule has 1 aliphatic heterocycles. The number of hydrogen-bond acceptors (Lipinski definition) is 5. The summed E-state index contributed by atoms with van der Waals surface area (Å²) in [5.74, 6) is -0.0735. The van der Waals surface area contributed by atoms with Gasteiger partial charge in [0.15, 0.2) is 0 Å². The van der Waals surface area contributed by atoms with Crippen LogP contribution in [-0.2, 0) is 4.79 Å². The maximum atomic E-state index is 12.6. The van der Waals surface area contributed by atoms with E-state index in [-0.39, 0.29) is 17.7 Å². The Morgan fingerprint density at radius 3 is 2.65 bits per heavy atom. The van der Waals surface area contributed by atoms with Crippen molar-refractivity contribution < 1.29 is 9.59 Å². The van der Waals surface area contributed by atoms with E-state index in [1.807, 2.05) is 36.1 Å². The van der Waals surface area contributed by atoms with E-state index < -0.39 is 0 Å². The molecule has 2 aromatic rings. The van der Waals surface area contributed by atoms with Crippen molar-refractivity contribution in [1.82, 2.24) is 15.1 Å². The van der Waals surface area contributed by atoms with Gasteiger partial charge < -0.3 is 10.2 Å². The van der Waals surface area contributed by atoms with Gasteiger partial charge in [-0.1, -0.05) is 29.5 Å². The fourth-order valence-corrected chi connectivity index (χ4v) is 3.21. The fraction of sp³-hybridized carbons (Fsp3) is 0.375. The van der Waals surface area contributed by atoms with Gasteiger partial charge in [0.2, 0.25) is 11.0 Å². The number of aromatic nitrogens is 2. The SMILES string of the molecule is Cc1ccccc1C(=O)N1CCC(C(=O)Nc2nncs2)CC1. The molecular weight excluding hydrogens is 312 g/mol. The van der Waals surface area contributed by atoms with Crippen molar-refractivity contribution in [2.75, 3.05) is 18.4 Å². The molecule has 0 atom stereocenters. The first kappa shape index (κ1) is 15.6. The molecule has 2 heterocycles. The van der Waals surface area contributed by atoms with E-state index in [1.165, 1.54) is 11.3 Å². The number of piperidine rings is 1. The Labute approximate surface area is 138 Å². The van der Waals surface area contributed by atoms with Crippen LogP contribution in [0.15, 0.2) is 29.8 Å². The molecule has 1 N–H and O–H groups in total. The van der Waals surface area contributed by atoms with Crippen molar-refractivity contribution in [1.29, 1.82) is 0 Å². The van der Waals surface area contributed by atoms with Gasteiger partial charge in [-0.2, -0.15) is 0 Å². The van der Waals surface area contributed by atoms with Gasteiger partial charge in [0.25, 0.3) is 5.91 Å². The van der Waals surface area contributed by atoms with Crippen LogP contribution in [0.1, 0.15) is 28.8 Å². The fourth-order valence-electron chi connectivity index (χ4n) is 2.76. The number of likely N-dealkylation sites (tertiary alicyclic amines) is 1. The Kier molecular flexibility index (Phi) is 4.66. The summed E-state index contributed by atoms with van der Waals surface area (Å²) in [5, 5.41) is 10.8. The lowest BCUT2D eigenvalue weighted by atomic mass is 9.95. The lowest BCUT2D eigenvalue weighted by molar-refractivity contribution is -0.121. The van der Waals surface area contributed by atoms with Crippen LogP contribution in [0.3, 0.4) is 0 Å². The number of carbonyl (C=O) groups excluding carboxylic acids is 2. The third kappa shape index (κ3) is 3.56. The van der Waals surface area contributed by atoms with E-state index in [0.29, 0.717) is 31.1 Å². The first-order valence-corrected chi connectivity index (χ1v) is 8.45.